The average Bonchev–Trinajstić information content (AvgIpc) is 3.28. The first kappa shape index (κ1) is 19.9. The molecular formula is C21H12BrClN2O5. The second-order valence-corrected chi connectivity index (χ2v) is 7.67. The molecule has 0 bridgehead atoms. The van der Waals surface area contributed by atoms with Crippen LogP contribution in [0.5, 0.6) is 0 Å². The molecule has 0 saturated carbocycles. The van der Waals surface area contributed by atoms with Gasteiger partial charge in [-0.1, -0.05) is 33.6 Å². The maximum Gasteiger partial charge on any atom is 0.336 e. The van der Waals surface area contributed by atoms with E-state index in [0.717, 1.165) is 5.01 Å². The van der Waals surface area contributed by atoms with Gasteiger partial charge in [-0.15, -0.1) is 0 Å². The maximum atomic E-state index is 12.7. The first-order chi connectivity index (χ1) is 14.3. The van der Waals surface area contributed by atoms with E-state index in [9.17, 15) is 19.5 Å². The molecule has 0 radical (unpaired) electrons. The van der Waals surface area contributed by atoms with E-state index in [-0.39, 0.29) is 16.9 Å². The molecule has 2 amide bonds. The smallest absolute Gasteiger partial charge is 0.336 e. The first-order valence-electron chi connectivity index (χ1n) is 8.59. The molecule has 30 heavy (non-hydrogen) atoms. The van der Waals surface area contributed by atoms with Gasteiger partial charge < -0.3 is 9.52 Å². The molecule has 1 aromatic heterocycles. The zero-order chi connectivity index (χ0) is 21.4. The van der Waals surface area contributed by atoms with E-state index in [1.807, 2.05) is 0 Å². The lowest BCUT2D eigenvalue weighted by Gasteiger charge is -2.14. The van der Waals surface area contributed by atoms with Gasteiger partial charge in [0.1, 0.15) is 17.1 Å². The van der Waals surface area contributed by atoms with Crippen molar-refractivity contribution in [2.45, 2.75) is 0 Å². The highest BCUT2D eigenvalue weighted by Crippen LogP contribution is 2.30. The summed E-state index contributed by atoms with van der Waals surface area (Å²) in [7, 11) is 0. The molecule has 2 heterocycles. The van der Waals surface area contributed by atoms with Crippen LogP contribution in [0.25, 0.3) is 17.4 Å². The number of carboxylic acid groups (broad SMARTS) is 1. The highest BCUT2D eigenvalue weighted by atomic mass is 79.9. The second kappa shape index (κ2) is 7.81. The molecule has 4 rings (SSSR count). The van der Waals surface area contributed by atoms with Gasteiger partial charge in [0, 0.05) is 15.1 Å². The van der Waals surface area contributed by atoms with Gasteiger partial charge in [0.15, 0.2) is 0 Å². The number of amides is 2. The Bertz CT molecular complexity index is 1230. The Labute approximate surface area is 183 Å². The molecule has 1 aliphatic rings. The van der Waals surface area contributed by atoms with Crippen molar-refractivity contribution in [2.75, 3.05) is 5.01 Å². The zero-order valence-electron chi connectivity index (χ0n) is 15.1. The normalized spacial score (nSPS) is 15.0. The van der Waals surface area contributed by atoms with Crippen molar-refractivity contribution in [3.8, 4) is 11.3 Å². The first-order valence-corrected chi connectivity index (χ1v) is 9.76. The number of hydrogen-bond donors (Lipinski definition) is 2. The molecule has 0 aliphatic carbocycles. The van der Waals surface area contributed by atoms with Crippen LogP contribution in [0.1, 0.15) is 16.1 Å². The van der Waals surface area contributed by atoms with Gasteiger partial charge in [0.05, 0.1) is 11.3 Å². The fraction of sp³-hybridized carbons (Fsp3) is 0. The summed E-state index contributed by atoms with van der Waals surface area (Å²) in [5, 5.41) is 10.9. The number of anilines is 1. The lowest BCUT2D eigenvalue weighted by atomic mass is 10.1. The summed E-state index contributed by atoms with van der Waals surface area (Å²) in [6, 6.07) is 14.4. The zero-order valence-corrected chi connectivity index (χ0v) is 17.4. The Kier molecular flexibility index (Phi) is 5.19. The Balaban J connectivity index is 1.66. The topological polar surface area (TPSA) is 99.9 Å². The predicted molar refractivity (Wildman–Crippen MR) is 114 cm³/mol. The van der Waals surface area contributed by atoms with Crippen LogP contribution in [0.2, 0.25) is 5.02 Å². The minimum Gasteiger partial charge on any atom is -0.478 e. The number of rotatable bonds is 4. The highest BCUT2D eigenvalue weighted by Gasteiger charge is 2.34. The van der Waals surface area contributed by atoms with Crippen molar-refractivity contribution in [1.29, 1.82) is 0 Å². The SMILES string of the molecule is O=C1NN(c2cccc(Cl)c2)C(=O)/C1=C/c1ccc(-c2ccc(Br)cc2C(=O)O)o1. The van der Waals surface area contributed by atoms with Crippen molar-refractivity contribution in [3.05, 3.63) is 81.0 Å². The van der Waals surface area contributed by atoms with Crippen molar-refractivity contribution >= 4 is 57.1 Å². The van der Waals surface area contributed by atoms with Crippen molar-refractivity contribution < 1.29 is 23.9 Å². The summed E-state index contributed by atoms with van der Waals surface area (Å²) in [4.78, 5) is 36.5. The number of hydrazine groups is 1. The standard InChI is InChI=1S/C21H12BrClN2O5/c22-11-4-6-15(16(8-11)21(28)29)18-7-5-14(30-18)10-17-19(26)24-25(20(17)27)13-3-1-2-12(23)9-13/h1-10H,(H,24,26)(H,28,29)/b17-10+. The van der Waals surface area contributed by atoms with Crippen molar-refractivity contribution in [3.63, 3.8) is 0 Å². The number of hydrogen-bond acceptors (Lipinski definition) is 4. The lowest BCUT2D eigenvalue weighted by Crippen LogP contribution is -2.35. The quantitative estimate of drug-likeness (QED) is 0.416. The van der Waals surface area contributed by atoms with Crippen molar-refractivity contribution in [2.24, 2.45) is 0 Å². The van der Waals surface area contributed by atoms with Gasteiger partial charge in [0.2, 0.25) is 0 Å². The van der Waals surface area contributed by atoms with E-state index in [4.69, 9.17) is 16.0 Å². The van der Waals surface area contributed by atoms with E-state index in [2.05, 4.69) is 21.4 Å². The van der Waals surface area contributed by atoms with Crippen LogP contribution in [0.15, 0.2) is 69.1 Å². The Hall–Kier alpha value is -3.36. The van der Waals surface area contributed by atoms with E-state index in [1.54, 1.807) is 48.5 Å². The molecule has 9 heteroatoms. The van der Waals surface area contributed by atoms with Crippen LogP contribution in [0.4, 0.5) is 5.69 Å². The number of furan rings is 1. The lowest BCUT2D eigenvalue weighted by molar-refractivity contribution is -0.117. The van der Waals surface area contributed by atoms with E-state index in [0.29, 0.717) is 26.5 Å². The van der Waals surface area contributed by atoms with E-state index < -0.39 is 17.8 Å². The molecule has 150 valence electrons. The number of carbonyl (C=O) groups is 3. The molecule has 7 nitrogen and oxygen atoms in total. The summed E-state index contributed by atoms with van der Waals surface area (Å²) >= 11 is 9.20. The summed E-state index contributed by atoms with van der Waals surface area (Å²) < 4.78 is 6.31. The molecule has 0 unspecified atom stereocenters. The third-order valence-corrected chi connectivity index (χ3v) is 5.08. The number of nitrogens with zero attached hydrogens (tertiary/aromatic N) is 1. The fourth-order valence-corrected chi connectivity index (χ4v) is 3.53. The third-order valence-electron chi connectivity index (χ3n) is 4.35. The molecule has 1 aliphatic heterocycles. The summed E-state index contributed by atoms with van der Waals surface area (Å²) in [5.74, 6) is -1.73. The second-order valence-electron chi connectivity index (χ2n) is 6.32. The van der Waals surface area contributed by atoms with Gasteiger partial charge in [-0.25, -0.2) is 9.80 Å². The number of carbonyl (C=O) groups excluding carboxylic acids is 2. The summed E-state index contributed by atoms with van der Waals surface area (Å²) in [6.45, 7) is 0. The molecule has 1 saturated heterocycles. The van der Waals surface area contributed by atoms with Gasteiger partial charge >= 0.3 is 5.97 Å². The Morgan fingerprint density at radius 1 is 1.13 bits per heavy atom. The predicted octanol–water partition coefficient (Wildman–Crippen LogP) is 4.52. The number of benzene rings is 2. The van der Waals surface area contributed by atoms with Gasteiger partial charge in [0.25, 0.3) is 11.8 Å². The molecule has 0 spiro atoms. The molecule has 2 aromatic carbocycles. The van der Waals surface area contributed by atoms with Crippen molar-refractivity contribution in [1.82, 2.24) is 5.43 Å². The van der Waals surface area contributed by atoms with Crippen LogP contribution in [-0.4, -0.2) is 22.9 Å². The van der Waals surface area contributed by atoms with Crippen LogP contribution >= 0.6 is 27.5 Å². The van der Waals surface area contributed by atoms with Gasteiger partial charge in [-0.2, -0.15) is 0 Å². The molecular weight excluding hydrogens is 476 g/mol. The minimum absolute atomic E-state index is 0.0553. The van der Waals surface area contributed by atoms with Crippen LogP contribution < -0.4 is 10.4 Å². The maximum absolute atomic E-state index is 12.7. The summed E-state index contributed by atoms with van der Waals surface area (Å²) in [5.41, 5.74) is 3.21. The number of carboxylic acids is 1. The van der Waals surface area contributed by atoms with E-state index >= 15 is 0 Å². The molecule has 3 aromatic rings. The molecule has 1 fully saturated rings. The van der Waals surface area contributed by atoms with Crippen LogP contribution in [0.3, 0.4) is 0 Å². The average molecular weight is 488 g/mol. The Morgan fingerprint density at radius 2 is 1.93 bits per heavy atom. The number of halogens is 2. The monoisotopic (exact) mass is 486 g/mol. The van der Waals surface area contributed by atoms with Crippen LogP contribution in [0, 0.1) is 0 Å². The molecule has 2 N–H and O–H groups in total. The third kappa shape index (κ3) is 3.74. The number of nitrogens with one attached hydrogen (secondary N) is 1. The van der Waals surface area contributed by atoms with E-state index in [1.165, 1.54) is 12.1 Å². The minimum atomic E-state index is -1.11. The summed E-state index contributed by atoms with van der Waals surface area (Å²) in [6.07, 6.45) is 1.31. The molecule has 0 atom stereocenters. The highest BCUT2D eigenvalue weighted by molar-refractivity contribution is 9.10. The Morgan fingerprint density at radius 3 is 2.67 bits per heavy atom. The van der Waals surface area contributed by atoms with Gasteiger partial charge in [-0.05, 0) is 54.6 Å². The largest absolute Gasteiger partial charge is 0.478 e. The fourth-order valence-electron chi connectivity index (χ4n) is 2.98. The van der Waals surface area contributed by atoms with Gasteiger partial charge in [-0.3, -0.25) is 15.0 Å². The number of aromatic carboxylic acids is 1. The van der Waals surface area contributed by atoms with Crippen LogP contribution in [-0.2, 0) is 9.59 Å².